The zero-order valence-electron chi connectivity index (χ0n) is 12.4. The van der Waals surface area contributed by atoms with Crippen molar-refractivity contribution in [2.75, 3.05) is 24.8 Å². The van der Waals surface area contributed by atoms with Gasteiger partial charge in [0.25, 0.3) is 0 Å². The van der Waals surface area contributed by atoms with E-state index in [1.807, 2.05) is 30.5 Å². The molecular formula is C14H20N2O3S2. The lowest BCUT2D eigenvalue weighted by Gasteiger charge is -2.24. The minimum absolute atomic E-state index is 0.0213. The number of nitrogens with one attached hydrogen (secondary N) is 1. The van der Waals surface area contributed by atoms with Gasteiger partial charge in [0.15, 0.2) is 0 Å². The van der Waals surface area contributed by atoms with E-state index in [4.69, 9.17) is 0 Å². The van der Waals surface area contributed by atoms with E-state index in [1.165, 1.54) is 6.26 Å². The first-order valence-corrected chi connectivity index (χ1v) is 9.98. The van der Waals surface area contributed by atoms with E-state index in [2.05, 4.69) is 5.32 Å². The summed E-state index contributed by atoms with van der Waals surface area (Å²) >= 11 is 1.66. The van der Waals surface area contributed by atoms with Crippen molar-refractivity contribution in [1.82, 2.24) is 10.2 Å². The second kappa shape index (κ2) is 6.37. The van der Waals surface area contributed by atoms with Crippen molar-refractivity contribution in [3.8, 4) is 0 Å². The van der Waals surface area contributed by atoms with Gasteiger partial charge in [-0.25, -0.2) is 8.42 Å². The van der Waals surface area contributed by atoms with Crippen LogP contribution in [0.4, 0.5) is 0 Å². The van der Waals surface area contributed by atoms with Gasteiger partial charge in [0.2, 0.25) is 5.91 Å². The van der Waals surface area contributed by atoms with Gasteiger partial charge in [-0.2, -0.15) is 0 Å². The summed E-state index contributed by atoms with van der Waals surface area (Å²) in [6.07, 6.45) is 2.93. The summed E-state index contributed by atoms with van der Waals surface area (Å²) in [5, 5.41) is 3.22. The van der Waals surface area contributed by atoms with Gasteiger partial charge in [-0.15, -0.1) is 11.8 Å². The summed E-state index contributed by atoms with van der Waals surface area (Å²) in [4.78, 5) is 15.0. The van der Waals surface area contributed by atoms with Crippen molar-refractivity contribution in [1.29, 1.82) is 0 Å². The van der Waals surface area contributed by atoms with E-state index in [-0.39, 0.29) is 30.4 Å². The summed E-state index contributed by atoms with van der Waals surface area (Å²) < 4.78 is 22.7. The van der Waals surface area contributed by atoms with Gasteiger partial charge in [0, 0.05) is 17.7 Å². The van der Waals surface area contributed by atoms with Crippen LogP contribution in [0.15, 0.2) is 29.2 Å². The minimum Gasteiger partial charge on any atom is -0.321 e. The van der Waals surface area contributed by atoms with Crippen molar-refractivity contribution >= 4 is 27.5 Å². The molecule has 1 N–H and O–H groups in total. The molecule has 0 aromatic heterocycles. The maximum Gasteiger partial charge on any atom is 0.241 e. The van der Waals surface area contributed by atoms with Crippen LogP contribution in [0.2, 0.25) is 0 Å². The van der Waals surface area contributed by atoms with Gasteiger partial charge in [0.05, 0.1) is 11.8 Å². The van der Waals surface area contributed by atoms with E-state index >= 15 is 0 Å². The van der Waals surface area contributed by atoms with Crippen LogP contribution in [0.1, 0.15) is 18.7 Å². The number of rotatable bonds is 5. The molecule has 0 spiro atoms. The largest absolute Gasteiger partial charge is 0.321 e. The Hall–Kier alpha value is -1.05. The third-order valence-corrected chi connectivity index (χ3v) is 5.18. The highest BCUT2D eigenvalue weighted by Gasteiger charge is 2.37. The topological polar surface area (TPSA) is 66.5 Å². The predicted molar refractivity (Wildman–Crippen MR) is 85.0 cm³/mol. The molecule has 116 valence electrons. The monoisotopic (exact) mass is 328 g/mol. The number of sulfone groups is 1. The summed E-state index contributed by atoms with van der Waals surface area (Å²) in [6.45, 7) is 2.01. The van der Waals surface area contributed by atoms with Gasteiger partial charge < -0.3 is 4.90 Å². The quantitative estimate of drug-likeness (QED) is 0.825. The Kier molecular flexibility index (Phi) is 4.95. The molecule has 7 heteroatoms. The number of hydrogen-bond acceptors (Lipinski definition) is 5. The molecule has 2 rings (SSSR count). The van der Waals surface area contributed by atoms with Crippen LogP contribution in [-0.2, 0) is 14.6 Å². The molecule has 0 saturated carbocycles. The van der Waals surface area contributed by atoms with E-state index < -0.39 is 9.84 Å². The fraction of sp³-hybridized carbons (Fsp3) is 0.500. The third kappa shape index (κ3) is 3.99. The molecule has 0 bridgehead atoms. The standard InChI is InChI=1S/C14H20N2O3S2/c1-10-14(17)16(8-9-21(3,18)19)13(15-10)11-4-6-12(20-2)7-5-11/h4-7,10,13,15H,8-9H2,1-3H3. The fourth-order valence-corrected chi connectivity index (χ4v) is 3.28. The van der Waals surface area contributed by atoms with E-state index in [1.54, 1.807) is 23.6 Å². The number of benzene rings is 1. The first-order chi connectivity index (χ1) is 9.81. The van der Waals surface area contributed by atoms with Gasteiger partial charge in [-0.1, -0.05) is 12.1 Å². The summed E-state index contributed by atoms with van der Waals surface area (Å²) in [6, 6.07) is 7.66. The van der Waals surface area contributed by atoms with Gasteiger partial charge >= 0.3 is 0 Å². The molecule has 21 heavy (non-hydrogen) atoms. The second-order valence-corrected chi connectivity index (χ2v) is 8.36. The summed E-state index contributed by atoms with van der Waals surface area (Å²) in [5.74, 6) is -0.0791. The lowest BCUT2D eigenvalue weighted by atomic mass is 10.1. The fourth-order valence-electron chi connectivity index (χ4n) is 2.34. The molecule has 0 radical (unpaired) electrons. The van der Waals surface area contributed by atoms with Gasteiger partial charge in [-0.3, -0.25) is 10.1 Å². The van der Waals surface area contributed by atoms with E-state index in [9.17, 15) is 13.2 Å². The molecule has 1 aliphatic heterocycles. The lowest BCUT2D eigenvalue weighted by Crippen LogP contribution is -2.34. The minimum atomic E-state index is -3.09. The van der Waals surface area contributed by atoms with Crippen LogP contribution in [0.25, 0.3) is 0 Å². The van der Waals surface area contributed by atoms with Crippen molar-refractivity contribution in [3.63, 3.8) is 0 Å². The van der Waals surface area contributed by atoms with Crippen molar-refractivity contribution in [2.24, 2.45) is 0 Å². The van der Waals surface area contributed by atoms with E-state index in [0.29, 0.717) is 0 Å². The van der Waals surface area contributed by atoms with Crippen LogP contribution in [0.5, 0.6) is 0 Å². The number of carbonyl (C=O) groups is 1. The molecular weight excluding hydrogens is 308 g/mol. The van der Waals surface area contributed by atoms with Crippen LogP contribution < -0.4 is 5.32 Å². The smallest absolute Gasteiger partial charge is 0.241 e. The van der Waals surface area contributed by atoms with Crippen LogP contribution in [0.3, 0.4) is 0 Å². The van der Waals surface area contributed by atoms with Crippen LogP contribution >= 0.6 is 11.8 Å². The average Bonchev–Trinajstić information content (AvgIpc) is 2.72. The first-order valence-electron chi connectivity index (χ1n) is 6.70. The van der Waals surface area contributed by atoms with E-state index in [0.717, 1.165) is 10.5 Å². The highest BCUT2D eigenvalue weighted by Crippen LogP contribution is 2.26. The Bertz CT molecular complexity index is 614. The Balaban J connectivity index is 2.20. The average molecular weight is 328 g/mol. The number of carbonyl (C=O) groups excluding carboxylic acids is 1. The second-order valence-electron chi connectivity index (χ2n) is 5.23. The Morgan fingerprint density at radius 3 is 2.43 bits per heavy atom. The lowest BCUT2D eigenvalue weighted by molar-refractivity contribution is -0.129. The molecule has 1 saturated heterocycles. The maximum absolute atomic E-state index is 12.2. The molecule has 2 atom stereocenters. The van der Waals surface area contributed by atoms with Gasteiger partial charge in [0.1, 0.15) is 16.0 Å². The highest BCUT2D eigenvalue weighted by atomic mass is 32.2. The number of amides is 1. The molecule has 2 unspecified atom stereocenters. The molecule has 1 amide bonds. The summed E-state index contributed by atoms with van der Waals surface area (Å²) in [7, 11) is -3.09. The molecule has 1 fully saturated rings. The molecule has 1 aliphatic rings. The molecule has 1 heterocycles. The van der Waals surface area contributed by atoms with Crippen molar-refractivity contribution in [2.45, 2.75) is 24.0 Å². The normalized spacial score (nSPS) is 22.8. The number of thioether (sulfide) groups is 1. The summed E-state index contributed by atoms with van der Waals surface area (Å²) in [5.41, 5.74) is 0.971. The SMILES string of the molecule is CSc1ccc(C2NC(C)C(=O)N2CCS(C)(=O)=O)cc1. The zero-order valence-corrected chi connectivity index (χ0v) is 14.0. The molecule has 1 aromatic rings. The molecule has 5 nitrogen and oxygen atoms in total. The van der Waals surface area contributed by atoms with Crippen molar-refractivity contribution in [3.05, 3.63) is 29.8 Å². The van der Waals surface area contributed by atoms with Gasteiger partial charge in [-0.05, 0) is 30.9 Å². The first kappa shape index (κ1) is 16.3. The Morgan fingerprint density at radius 1 is 1.29 bits per heavy atom. The molecule has 0 aliphatic carbocycles. The Morgan fingerprint density at radius 2 is 1.90 bits per heavy atom. The third-order valence-electron chi connectivity index (χ3n) is 3.51. The highest BCUT2D eigenvalue weighted by molar-refractivity contribution is 7.98. The zero-order chi connectivity index (χ0) is 15.6. The maximum atomic E-state index is 12.2. The van der Waals surface area contributed by atoms with Crippen LogP contribution in [0, 0.1) is 0 Å². The Labute approximate surface area is 130 Å². The predicted octanol–water partition coefficient (Wildman–Crippen LogP) is 1.27. The number of hydrogen-bond donors (Lipinski definition) is 1. The van der Waals surface area contributed by atoms with Crippen LogP contribution in [-0.4, -0.2) is 50.1 Å². The molecule has 1 aromatic carbocycles. The van der Waals surface area contributed by atoms with Crippen molar-refractivity contribution < 1.29 is 13.2 Å². The number of nitrogens with zero attached hydrogens (tertiary/aromatic N) is 1.